The van der Waals surface area contributed by atoms with Crippen LogP contribution in [0.15, 0.2) is 24.3 Å². The zero-order chi connectivity index (χ0) is 17.0. The fourth-order valence-electron chi connectivity index (χ4n) is 2.48. The summed E-state index contributed by atoms with van der Waals surface area (Å²) >= 11 is 0. The second-order valence-corrected chi connectivity index (χ2v) is 7.74. The van der Waals surface area contributed by atoms with Crippen molar-refractivity contribution < 1.29 is 22.3 Å². The van der Waals surface area contributed by atoms with Crippen molar-refractivity contribution in [3.05, 3.63) is 35.6 Å². The number of hydrogen-bond acceptors (Lipinski definition) is 4. The van der Waals surface area contributed by atoms with Gasteiger partial charge in [-0.2, -0.15) is 4.31 Å². The van der Waals surface area contributed by atoms with E-state index in [9.17, 15) is 17.6 Å². The number of carbonyl (C=O) groups excluding carboxylic acids is 1. The van der Waals surface area contributed by atoms with Crippen LogP contribution < -0.4 is 5.32 Å². The van der Waals surface area contributed by atoms with Crippen LogP contribution in [0.1, 0.15) is 24.2 Å². The molecule has 1 saturated heterocycles. The first kappa shape index (κ1) is 17.8. The molecule has 6 nitrogen and oxygen atoms in total. The number of hydrogen-bond donors (Lipinski definition) is 1. The highest BCUT2D eigenvalue weighted by Gasteiger charge is 2.30. The summed E-state index contributed by atoms with van der Waals surface area (Å²) in [7, 11) is -3.46. The van der Waals surface area contributed by atoms with Crippen molar-refractivity contribution in [2.24, 2.45) is 0 Å². The Morgan fingerprint density at radius 1 is 1.26 bits per heavy atom. The SMILES string of the molecule is C[C@@H]1CN(S(=O)(=O)CCNC(=O)c2ccc(F)cc2)C[C@@H](C)O1. The summed E-state index contributed by atoms with van der Waals surface area (Å²) in [6.07, 6.45) is -0.301. The standard InChI is InChI=1S/C15H21FN2O4S/c1-11-9-18(10-12(2)22-11)23(20,21)8-7-17-15(19)13-3-5-14(16)6-4-13/h3-6,11-12H,7-10H2,1-2H3,(H,17,19)/t11-,12-/m1/s1. The van der Waals surface area contributed by atoms with Crippen LogP contribution in [0.25, 0.3) is 0 Å². The second-order valence-electron chi connectivity index (χ2n) is 5.65. The van der Waals surface area contributed by atoms with Crippen LogP contribution in [0.4, 0.5) is 4.39 Å². The highest BCUT2D eigenvalue weighted by molar-refractivity contribution is 7.89. The van der Waals surface area contributed by atoms with Crippen molar-refractivity contribution in [3.63, 3.8) is 0 Å². The molecule has 0 radical (unpaired) electrons. The van der Waals surface area contributed by atoms with E-state index < -0.39 is 21.7 Å². The van der Waals surface area contributed by atoms with Gasteiger partial charge in [-0.15, -0.1) is 0 Å². The molecular weight excluding hydrogens is 323 g/mol. The Kier molecular flexibility index (Phi) is 5.72. The summed E-state index contributed by atoms with van der Waals surface area (Å²) < 4.78 is 44.3. The minimum Gasteiger partial charge on any atom is -0.373 e. The van der Waals surface area contributed by atoms with Gasteiger partial charge in [-0.25, -0.2) is 12.8 Å². The molecule has 0 bridgehead atoms. The molecule has 0 aliphatic carbocycles. The monoisotopic (exact) mass is 344 g/mol. The summed E-state index contributed by atoms with van der Waals surface area (Å²) in [5.41, 5.74) is 0.289. The average molecular weight is 344 g/mol. The zero-order valence-corrected chi connectivity index (χ0v) is 14.0. The van der Waals surface area contributed by atoms with E-state index in [0.29, 0.717) is 13.1 Å². The van der Waals surface area contributed by atoms with Crippen molar-refractivity contribution in [2.45, 2.75) is 26.1 Å². The van der Waals surface area contributed by atoms with E-state index in [1.165, 1.54) is 28.6 Å². The topological polar surface area (TPSA) is 75.7 Å². The number of halogens is 1. The third-order valence-electron chi connectivity index (χ3n) is 3.53. The number of rotatable bonds is 5. The molecule has 0 saturated carbocycles. The predicted octanol–water partition coefficient (Wildman–Crippen LogP) is 0.994. The number of nitrogens with one attached hydrogen (secondary N) is 1. The van der Waals surface area contributed by atoms with Gasteiger partial charge in [-0.1, -0.05) is 0 Å². The van der Waals surface area contributed by atoms with E-state index in [0.717, 1.165) is 0 Å². The summed E-state index contributed by atoms with van der Waals surface area (Å²) in [5, 5.41) is 2.54. The minimum atomic E-state index is -3.46. The molecule has 1 aliphatic rings. The molecular formula is C15H21FN2O4S. The highest BCUT2D eigenvalue weighted by Crippen LogP contribution is 2.14. The molecule has 2 rings (SSSR count). The fourth-order valence-corrected chi connectivity index (χ4v) is 3.98. The Hall–Kier alpha value is -1.51. The van der Waals surface area contributed by atoms with Gasteiger partial charge in [-0.05, 0) is 38.1 Å². The van der Waals surface area contributed by atoms with E-state index in [-0.39, 0.29) is 30.1 Å². The summed E-state index contributed by atoms with van der Waals surface area (Å²) in [4.78, 5) is 11.9. The summed E-state index contributed by atoms with van der Waals surface area (Å²) in [6, 6.07) is 5.07. The van der Waals surface area contributed by atoms with E-state index in [4.69, 9.17) is 4.74 Å². The Balaban J connectivity index is 1.87. The van der Waals surface area contributed by atoms with Gasteiger partial charge < -0.3 is 10.1 Å². The van der Waals surface area contributed by atoms with Gasteiger partial charge in [0.05, 0.1) is 18.0 Å². The fraction of sp³-hybridized carbons (Fsp3) is 0.533. The second kappa shape index (κ2) is 7.37. The molecule has 0 aromatic heterocycles. The molecule has 2 atom stereocenters. The maximum atomic E-state index is 12.8. The van der Waals surface area contributed by atoms with Gasteiger partial charge in [0.15, 0.2) is 0 Å². The number of nitrogens with zero attached hydrogens (tertiary/aromatic N) is 1. The number of benzene rings is 1. The van der Waals surface area contributed by atoms with Crippen molar-refractivity contribution in [2.75, 3.05) is 25.4 Å². The van der Waals surface area contributed by atoms with Gasteiger partial charge >= 0.3 is 0 Å². The normalized spacial score (nSPS) is 22.7. The number of sulfonamides is 1. The molecule has 23 heavy (non-hydrogen) atoms. The third kappa shape index (κ3) is 4.98. The lowest BCUT2D eigenvalue weighted by molar-refractivity contribution is -0.0440. The van der Waals surface area contributed by atoms with Gasteiger partial charge in [0, 0.05) is 25.2 Å². The van der Waals surface area contributed by atoms with E-state index in [1.807, 2.05) is 13.8 Å². The van der Waals surface area contributed by atoms with Crippen molar-refractivity contribution in [3.8, 4) is 0 Å². The number of carbonyl (C=O) groups is 1. The molecule has 1 aromatic rings. The first-order valence-electron chi connectivity index (χ1n) is 7.45. The summed E-state index contributed by atoms with van der Waals surface area (Å²) in [5.74, 6) is -1.04. The van der Waals surface area contributed by atoms with Crippen LogP contribution in [0.3, 0.4) is 0 Å². The van der Waals surface area contributed by atoms with Crippen LogP contribution >= 0.6 is 0 Å². The predicted molar refractivity (Wildman–Crippen MR) is 84.1 cm³/mol. The smallest absolute Gasteiger partial charge is 0.251 e. The van der Waals surface area contributed by atoms with E-state index >= 15 is 0 Å². The van der Waals surface area contributed by atoms with Crippen LogP contribution in [0, 0.1) is 5.82 Å². The first-order chi connectivity index (χ1) is 10.8. The van der Waals surface area contributed by atoms with E-state index in [2.05, 4.69) is 5.32 Å². The summed E-state index contributed by atoms with van der Waals surface area (Å²) in [6.45, 7) is 4.29. The lowest BCUT2D eigenvalue weighted by atomic mass is 10.2. The van der Waals surface area contributed by atoms with Gasteiger partial charge in [0.1, 0.15) is 5.82 Å². The quantitative estimate of drug-likeness (QED) is 0.864. The van der Waals surface area contributed by atoms with Gasteiger partial charge in [0.25, 0.3) is 5.91 Å². The molecule has 128 valence electrons. The Morgan fingerprint density at radius 3 is 2.39 bits per heavy atom. The maximum absolute atomic E-state index is 12.8. The molecule has 1 fully saturated rings. The van der Waals surface area contributed by atoms with Crippen LogP contribution in [-0.4, -0.2) is 56.2 Å². The van der Waals surface area contributed by atoms with Gasteiger partial charge in [-0.3, -0.25) is 4.79 Å². The van der Waals surface area contributed by atoms with Crippen molar-refractivity contribution in [1.29, 1.82) is 0 Å². The first-order valence-corrected chi connectivity index (χ1v) is 9.06. The Bertz CT molecular complexity index is 638. The molecule has 1 N–H and O–H groups in total. The Morgan fingerprint density at radius 2 is 1.83 bits per heavy atom. The molecule has 0 unspecified atom stereocenters. The lowest BCUT2D eigenvalue weighted by Crippen LogP contribution is -2.49. The molecule has 1 heterocycles. The molecule has 1 amide bonds. The van der Waals surface area contributed by atoms with Crippen LogP contribution in [0.5, 0.6) is 0 Å². The maximum Gasteiger partial charge on any atom is 0.251 e. The lowest BCUT2D eigenvalue weighted by Gasteiger charge is -2.34. The number of amides is 1. The average Bonchev–Trinajstić information content (AvgIpc) is 2.46. The Labute approximate surface area is 135 Å². The minimum absolute atomic E-state index is 0.00133. The number of ether oxygens (including phenoxy) is 1. The van der Waals surface area contributed by atoms with Crippen LogP contribution in [0.2, 0.25) is 0 Å². The zero-order valence-electron chi connectivity index (χ0n) is 13.2. The molecule has 8 heteroatoms. The molecule has 1 aromatic carbocycles. The van der Waals surface area contributed by atoms with Crippen molar-refractivity contribution in [1.82, 2.24) is 9.62 Å². The van der Waals surface area contributed by atoms with E-state index in [1.54, 1.807) is 0 Å². The molecule has 0 spiro atoms. The highest BCUT2D eigenvalue weighted by atomic mass is 32.2. The third-order valence-corrected chi connectivity index (χ3v) is 5.34. The molecule has 1 aliphatic heterocycles. The van der Waals surface area contributed by atoms with Crippen molar-refractivity contribution >= 4 is 15.9 Å². The largest absolute Gasteiger partial charge is 0.373 e. The number of morpholine rings is 1. The van der Waals surface area contributed by atoms with Gasteiger partial charge in [0.2, 0.25) is 10.0 Å². The van der Waals surface area contributed by atoms with Crippen LogP contribution in [-0.2, 0) is 14.8 Å².